The first-order chi connectivity index (χ1) is 9.22. The number of hydrogen-bond acceptors (Lipinski definition) is 2. The molecule has 1 saturated heterocycles. The molecule has 0 radical (unpaired) electrons. The Bertz CT molecular complexity index is 385. The maximum Gasteiger partial charge on any atom is 0.130 e. The Kier molecular flexibility index (Phi) is 5.28. The van der Waals surface area contributed by atoms with Gasteiger partial charge in [-0.3, -0.25) is 0 Å². The van der Waals surface area contributed by atoms with Crippen molar-refractivity contribution in [3.63, 3.8) is 0 Å². The van der Waals surface area contributed by atoms with Crippen molar-refractivity contribution in [3.05, 3.63) is 35.4 Å². The van der Waals surface area contributed by atoms with Crippen molar-refractivity contribution in [1.29, 1.82) is 0 Å². The van der Waals surface area contributed by atoms with Gasteiger partial charge in [0.2, 0.25) is 0 Å². The molecule has 1 atom stereocenters. The third-order valence-electron chi connectivity index (χ3n) is 3.71. The topological polar surface area (TPSA) is 21.3 Å². The molecule has 0 amide bonds. The fourth-order valence-corrected chi connectivity index (χ4v) is 2.71. The van der Waals surface area contributed by atoms with Crippen LogP contribution >= 0.6 is 0 Å². The lowest BCUT2D eigenvalue weighted by atomic mass is 9.89. The van der Waals surface area contributed by atoms with Crippen molar-refractivity contribution in [2.24, 2.45) is 5.92 Å². The fourth-order valence-electron chi connectivity index (χ4n) is 2.71. The number of hydrogen-bond donors (Lipinski definition) is 1. The molecule has 1 N–H and O–H groups in total. The van der Waals surface area contributed by atoms with Gasteiger partial charge in [-0.15, -0.1) is 0 Å². The second-order valence-corrected chi connectivity index (χ2v) is 5.04. The summed E-state index contributed by atoms with van der Waals surface area (Å²) in [6, 6.07) is 3.81. The molecule has 2 nitrogen and oxygen atoms in total. The van der Waals surface area contributed by atoms with Crippen molar-refractivity contribution in [3.8, 4) is 0 Å². The normalized spacial score (nSPS) is 18.5. The summed E-state index contributed by atoms with van der Waals surface area (Å²) in [5.74, 6) is -0.451. The van der Waals surface area contributed by atoms with Crippen LogP contribution in [0.25, 0.3) is 0 Å². The predicted octanol–water partition coefficient (Wildman–Crippen LogP) is 3.43. The van der Waals surface area contributed by atoms with Crippen LogP contribution in [0.1, 0.15) is 37.8 Å². The van der Waals surface area contributed by atoms with Crippen molar-refractivity contribution in [2.75, 3.05) is 19.8 Å². The third kappa shape index (κ3) is 3.74. The Morgan fingerprint density at radius 2 is 1.89 bits per heavy atom. The monoisotopic (exact) mass is 269 g/mol. The summed E-state index contributed by atoms with van der Waals surface area (Å²) in [6.07, 6.45) is 2.70. The van der Waals surface area contributed by atoms with Crippen LogP contribution in [0, 0.1) is 17.6 Å². The second kappa shape index (κ2) is 6.96. The van der Waals surface area contributed by atoms with E-state index in [2.05, 4.69) is 5.32 Å². The molecule has 1 unspecified atom stereocenters. The zero-order valence-corrected chi connectivity index (χ0v) is 11.3. The van der Waals surface area contributed by atoms with E-state index in [1.807, 2.05) is 6.92 Å². The molecule has 1 aromatic carbocycles. The van der Waals surface area contributed by atoms with Crippen LogP contribution < -0.4 is 5.32 Å². The van der Waals surface area contributed by atoms with Gasteiger partial charge in [0.15, 0.2) is 0 Å². The number of ether oxygens (including phenoxy) is 1. The van der Waals surface area contributed by atoms with Gasteiger partial charge in [-0.25, -0.2) is 8.78 Å². The fraction of sp³-hybridized carbons (Fsp3) is 0.600. The maximum absolute atomic E-state index is 13.9. The Morgan fingerprint density at radius 3 is 2.47 bits per heavy atom. The summed E-state index contributed by atoms with van der Waals surface area (Å²) in [5, 5.41) is 3.21. The molecule has 4 heteroatoms. The zero-order chi connectivity index (χ0) is 13.7. The van der Waals surface area contributed by atoms with Gasteiger partial charge in [-0.2, -0.15) is 0 Å². The molecule has 1 aromatic rings. The predicted molar refractivity (Wildman–Crippen MR) is 70.9 cm³/mol. The van der Waals surface area contributed by atoms with E-state index in [9.17, 15) is 8.78 Å². The van der Waals surface area contributed by atoms with Crippen LogP contribution in [0.3, 0.4) is 0 Å². The molecular formula is C15H21F2NO. The molecule has 0 bridgehead atoms. The second-order valence-electron chi connectivity index (χ2n) is 5.04. The molecule has 1 fully saturated rings. The van der Waals surface area contributed by atoms with E-state index < -0.39 is 11.6 Å². The summed E-state index contributed by atoms with van der Waals surface area (Å²) in [7, 11) is 0. The minimum absolute atomic E-state index is 0.177. The molecule has 0 saturated carbocycles. The van der Waals surface area contributed by atoms with Crippen LogP contribution in [0.4, 0.5) is 8.78 Å². The standard InChI is InChI=1S/C15H21F2NO/c1-2-18-14(10-11-6-8-19-9-7-11)15-12(16)4-3-5-13(15)17/h3-5,11,14,18H,2,6-10H2,1H3. The molecule has 1 heterocycles. The summed E-state index contributed by atoms with van der Waals surface area (Å²) in [6.45, 7) is 4.16. The minimum atomic E-state index is -0.460. The van der Waals surface area contributed by atoms with Crippen LogP contribution in [0.2, 0.25) is 0 Å². The highest BCUT2D eigenvalue weighted by Crippen LogP contribution is 2.30. The van der Waals surface area contributed by atoms with E-state index in [1.165, 1.54) is 18.2 Å². The van der Waals surface area contributed by atoms with Gasteiger partial charge in [0.05, 0.1) is 0 Å². The first-order valence-electron chi connectivity index (χ1n) is 6.97. The lowest BCUT2D eigenvalue weighted by molar-refractivity contribution is 0.0603. The molecule has 0 aliphatic carbocycles. The lowest BCUT2D eigenvalue weighted by Crippen LogP contribution is -2.27. The minimum Gasteiger partial charge on any atom is -0.381 e. The molecule has 1 aliphatic rings. The number of rotatable bonds is 5. The summed E-state index contributed by atoms with van der Waals surface area (Å²) in [4.78, 5) is 0. The largest absolute Gasteiger partial charge is 0.381 e. The van der Waals surface area contributed by atoms with E-state index in [-0.39, 0.29) is 11.6 Å². The van der Waals surface area contributed by atoms with E-state index in [1.54, 1.807) is 0 Å². The van der Waals surface area contributed by atoms with E-state index >= 15 is 0 Å². The van der Waals surface area contributed by atoms with Crippen molar-refractivity contribution < 1.29 is 13.5 Å². The van der Waals surface area contributed by atoms with Crippen LogP contribution in [-0.4, -0.2) is 19.8 Å². The Labute approximate surface area is 113 Å². The SMILES string of the molecule is CCNC(CC1CCOCC1)c1c(F)cccc1F. The van der Waals surface area contributed by atoms with Gasteiger partial charge in [-0.1, -0.05) is 13.0 Å². The van der Waals surface area contributed by atoms with Gasteiger partial charge >= 0.3 is 0 Å². The molecule has 0 aromatic heterocycles. The highest BCUT2D eigenvalue weighted by atomic mass is 19.1. The zero-order valence-electron chi connectivity index (χ0n) is 11.3. The van der Waals surface area contributed by atoms with Gasteiger partial charge < -0.3 is 10.1 Å². The van der Waals surface area contributed by atoms with E-state index in [4.69, 9.17) is 4.74 Å². The van der Waals surface area contributed by atoms with E-state index in [0.29, 0.717) is 12.5 Å². The highest BCUT2D eigenvalue weighted by molar-refractivity contribution is 5.23. The van der Waals surface area contributed by atoms with Crippen LogP contribution in [-0.2, 0) is 4.74 Å². The van der Waals surface area contributed by atoms with Crippen LogP contribution in [0.5, 0.6) is 0 Å². The average molecular weight is 269 g/mol. The third-order valence-corrected chi connectivity index (χ3v) is 3.71. The quantitative estimate of drug-likeness (QED) is 0.884. The van der Waals surface area contributed by atoms with Gasteiger partial charge in [0, 0.05) is 24.8 Å². The molecule has 0 spiro atoms. The average Bonchev–Trinajstić information content (AvgIpc) is 2.40. The molecule has 19 heavy (non-hydrogen) atoms. The van der Waals surface area contributed by atoms with Gasteiger partial charge in [-0.05, 0) is 43.9 Å². The molecule has 106 valence electrons. The Balaban J connectivity index is 2.14. The van der Waals surface area contributed by atoms with Crippen molar-refractivity contribution in [1.82, 2.24) is 5.32 Å². The van der Waals surface area contributed by atoms with Gasteiger partial charge in [0.25, 0.3) is 0 Å². The molecule has 2 rings (SSSR count). The van der Waals surface area contributed by atoms with Gasteiger partial charge in [0.1, 0.15) is 11.6 Å². The smallest absolute Gasteiger partial charge is 0.130 e. The van der Waals surface area contributed by atoms with Crippen molar-refractivity contribution >= 4 is 0 Å². The Morgan fingerprint density at radius 1 is 1.26 bits per heavy atom. The maximum atomic E-state index is 13.9. The Hall–Kier alpha value is -1.00. The van der Waals surface area contributed by atoms with E-state index in [0.717, 1.165) is 32.5 Å². The van der Waals surface area contributed by atoms with Crippen LogP contribution in [0.15, 0.2) is 18.2 Å². The summed E-state index contributed by atoms with van der Waals surface area (Å²) < 4.78 is 33.1. The first kappa shape index (κ1) is 14.4. The highest BCUT2D eigenvalue weighted by Gasteiger charge is 2.24. The number of benzene rings is 1. The lowest BCUT2D eigenvalue weighted by Gasteiger charge is -2.27. The summed E-state index contributed by atoms with van der Waals surface area (Å²) >= 11 is 0. The van der Waals surface area contributed by atoms with Crippen molar-refractivity contribution in [2.45, 2.75) is 32.2 Å². The molecular weight excluding hydrogens is 248 g/mol. The summed E-state index contributed by atoms with van der Waals surface area (Å²) in [5.41, 5.74) is 0.177. The molecule has 1 aliphatic heterocycles. The first-order valence-corrected chi connectivity index (χ1v) is 6.97. The number of nitrogens with one attached hydrogen (secondary N) is 1. The number of halogens is 2.